The van der Waals surface area contributed by atoms with Crippen LogP contribution in [-0.2, 0) is 22.4 Å². The third-order valence-corrected chi connectivity index (χ3v) is 5.33. The first-order valence-electron chi connectivity index (χ1n) is 9.40. The second kappa shape index (κ2) is 8.07. The van der Waals surface area contributed by atoms with Crippen LogP contribution in [0.3, 0.4) is 0 Å². The van der Waals surface area contributed by atoms with Crippen LogP contribution in [0.25, 0.3) is 0 Å². The van der Waals surface area contributed by atoms with Crippen molar-refractivity contribution in [3.8, 4) is 11.8 Å². The monoisotopic (exact) mass is 353 g/mol. The molecule has 3 aliphatic heterocycles. The van der Waals surface area contributed by atoms with Crippen LogP contribution in [0.5, 0.6) is 0 Å². The van der Waals surface area contributed by atoms with Crippen LogP contribution < -0.4 is 0 Å². The molecule has 138 valence electrons. The number of fused-ring (bicyclic) bond motifs is 3. The average Bonchev–Trinajstić information content (AvgIpc) is 2.62. The number of aliphatic hydroxyl groups is 1. The lowest BCUT2D eigenvalue weighted by molar-refractivity contribution is -0.142. The minimum absolute atomic E-state index is 0.225. The van der Waals surface area contributed by atoms with Crippen molar-refractivity contribution in [3.63, 3.8) is 0 Å². The molecule has 1 N–H and O–H groups in total. The minimum Gasteiger partial charge on any atom is -0.466 e. The molecule has 1 aromatic rings. The zero-order chi connectivity index (χ0) is 18.6. The number of hydrogen-bond acceptors (Lipinski definition) is 4. The third kappa shape index (κ3) is 4.17. The summed E-state index contributed by atoms with van der Waals surface area (Å²) in [5, 5.41) is 11.0. The molecule has 3 fully saturated rings. The zero-order valence-electron chi connectivity index (χ0n) is 15.5. The van der Waals surface area contributed by atoms with E-state index in [-0.39, 0.29) is 18.3 Å². The number of carbonyl (C=O) groups is 1. The van der Waals surface area contributed by atoms with Crippen LogP contribution in [0, 0.1) is 17.8 Å². The fraction of sp³-hybridized carbons (Fsp3) is 0.500. The van der Waals surface area contributed by atoms with Crippen LogP contribution in [-0.4, -0.2) is 47.8 Å². The van der Waals surface area contributed by atoms with Crippen molar-refractivity contribution in [2.24, 2.45) is 5.92 Å². The number of hydrogen-bond donors (Lipinski definition) is 1. The van der Waals surface area contributed by atoms with Crippen molar-refractivity contribution in [1.29, 1.82) is 0 Å². The molecule has 3 heterocycles. The van der Waals surface area contributed by atoms with Gasteiger partial charge in [0, 0.05) is 18.0 Å². The van der Waals surface area contributed by atoms with E-state index in [1.165, 1.54) is 0 Å². The van der Waals surface area contributed by atoms with Gasteiger partial charge in [-0.25, -0.2) is 0 Å². The van der Waals surface area contributed by atoms with Crippen molar-refractivity contribution < 1.29 is 14.6 Å². The molecule has 4 heteroatoms. The number of allylic oxidation sites excluding steroid dienone is 1. The molecular weight excluding hydrogens is 326 g/mol. The third-order valence-electron chi connectivity index (χ3n) is 5.33. The molecule has 2 bridgehead atoms. The molecule has 0 aromatic heterocycles. The molecule has 4 rings (SSSR count). The van der Waals surface area contributed by atoms with E-state index >= 15 is 0 Å². The van der Waals surface area contributed by atoms with Crippen LogP contribution >= 0.6 is 0 Å². The molecule has 0 amide bonds. The van der Waals surface area contributed by atoms with Gasteiger partial charge in [0.25, 0.3) is 0 Å². The summed E-state index contributed by atoms with van der Waals surface area (Å²) in [6.45, 7) is 8.79. The number of carbonyl (C=O) groups excluding carboxylic acids is 1. The van der Waals surface area contributed by atoms with Gasteiger partial charge in [0.1, 0.15) is 5.60 Å². The van der Waals surface area contributed by atoms with Gasteiger partial charge in [-0.05, 0) is 56.5 Å². The Morgan fingerprint density at radius 2 is 2.23 bits per heavy atom. The van der Waals surface area contributed by atoms with E-state index in [2.05, 4.69) is 23.3 Å². The number of rotatable bonds is 5. The maximum absolute atomic E-state index is 11.7. The summed E-state index contributed by atoms with van der Waals surface area (Å²) in [5.41, 5.74) is 1.92. The van der Waals surface area contributed by atoms with Gasteiger partial charge >= 0.3 is 5.97 Å². The fourth-order valence-corrected chi connectivity index (χ4v) is 3.94. The number of nitrogens with zero attached hydrogens (tertiary/aromatic N) is 1. The number of piperidine rings is 3. The van der Waals surface area contributed by atoms with Gasteiger partial charge in [0.05, 0.1) is 13.0 Å². The van der Waals surface area contributed by atoms with E-state index in [1.54, 1.807) is 6.92 Å². The Bertz CT molecular complexity index is 737. The molecule has 1 atom stereocenters. The van der Waals surface area contributed by atoms with E-state index < -0.39 is 5.60 Å². The van der Waals surface area contributed by atoms with Crippen molar-refractivity contribution >= 4 is 5.97 Å². The van der Waals surface area contributed by atoms with Crippen molar-refractivity contribution in [2.45, 2.75) is 38.2 Å². The van der Waals surface area contributed by atoms with Gasteiger partial charge < -0.3 is 9.84 Å². The van der Waals surface area contributed by atoms with Crippen LogP contribution in [0.2, 0.25) is 0 Å². The Morgan fingerprint density at radius 3 is 2.85 bits per heavy atom. The van der Waals surface area contributed by atoms with Crippen LogP contribution in [0.4, 0.5) is 0 Å². The maximum atomic E-state index is 11.7. The predicted octanol–water partition coefficient (Wildman–Crippen LogP) is 2.33. The standard InChI is InChI=1S/C22H27NO3/c1-3-5-19-14-17(15-21(24)26-4-2)6-7-18(19)8-11-22(25)16-23-12-9-20(22)10-13-23/h3,6-7,14,20,25H,1,4-5,9-10,12-13,15-16H2,2H3. The first-order chi connectivity index (χ1) is 12.5. The van der Waals surface area contributed by atoms with Gasteiger partial charge in [-0.3, -0.25) is 9.69 Å². The molecule has 0 saturated carbocycles. The maximum Gasteiger partial charge on any atom is 0.310 e. The average molecular weight is 353 g/mol. The van der Waals surface area contributed by atoms with E-state index in [4.69, 9.17) is 4.74 Å². The summed E-state index contributed by atoms with van der Waals surface area (Å²) in [4.78, 5) is 14.0. The molecule has 0 aliphatic carbocycles. The van der Waals surface area contributed by atoms with Crippen molar-refractivity contribution in [3.05, 3.63) is 47.5 Å². The smallest absolute Gasteiger partial charge is 0.310 e. The molecule has 26 heavy (non-hydrogen) atoms. The lowest BCUT2D eigenvalue weighted by Crippen LogP contribution is -2.58. The molecule has 3 saturated heterocycles. The Hall–Kier alpha value is -2.09. The predicted molar refractivity (Wildman–Crippen MR) is 102 cm³/mol. The first-order valence-corrected chi connectivity index (χ1v) is 9.40. The molecule has 3 aliphatic rings. The second-order valence-electron chi connectivity index (χ2n) is 7.19. The second-order valence-corrected chi connectivity index (χ2v) is 7.19. The molecule has 0 spiro atoms. The van der Waals surface area contributed by atoms with Crippen molar-refractivity contribution in [1.82, 2.24) is 4.90 Å². The highest BCUT2D eigenvalue weighted by atomic mass is 16.5. The van der Waals surface area contributed by atoms with Gasteiger partial charge in [-0.1, -0.05) is 30.0 Å². The van der Waals surface area contributed by atoms with Gasteiger partial charge in [-0.2, -0.15) is 0 Å². The van der Waals surface area contributed by atoms with E-state index in [9.17, 15) is 9.90 Å². The largest absolute Gasteiger partial charge is 0.466 e. The lowest BCUT2D eigenvalue weighted by Gasteiger charge is -2.47. The van der Waals surface area contributed by atoms with E-state index in [0.717, 1.165) is 42.6 Å². The normalized spacial score (nSPS) is 26.7. The number of benzene rings is 1. The first kappa shape index (κ1) is 18.7. The Kier molecular flexibility index (Phi) is 5.80. The summed E-state index contributed by atoms with van der Waals surface area (Å²) in [6, 6.07) is 5.84. The Labute approximate surface area is 155 Å². The highest BCUT2D eigenvalue weighted by Crippen LogP contribution is 2.35. The fourth-order valence-electron chi connectivity index (χ4n) is 3.94. The van der Waals surface area contributed by atoms with E-state index in [0.29, 0.717) is 19.6 Å². The summed E-state index contributed by atoms with van der Waals surface area (Å²) >= 11 is 0. The highest BCUT2D eigenvalue weighted by molar-refractivity contribution is 5.72. The minimum atomic E-state index is -0.911. The Morgan fingerprint density at radius 1 is 1.46 bits per heavy atom. The van der Waals surface area contributed by atoms with Crippen LogP contribution in [0.1, 0.15) is 36.5 Å². The van der Waals surface area contributed by atoms with Crippen LogP contribution in [0.15, 0.2) is 30.9 Å². The molecular formula is C22H27NO3. The molecule has 1 unspecified atom stereocenters. The van der Waals surface area contributed by atoms with Gasteiger partial charge in [-0.15, -0.1) is 6.58 Å². The quantitative estimate of drug-likeness (QED) is 0.501. The SMILES string of the molecule is C=CCc1cc(CC(=O)OCC)ccc1C#CC1(O)CN2CCC1CC2. The van der Waals surface area contributed by atoms with E-state index in [1.807, 2.05) is 24.3 Å². The van der Waals surface area contributed by atoms with Crippen molar-refractivity contribution in [2.75, 3.05) is 26.2 Å². The summed E-state index contributed by atoms with van der Waals surface area (Å²) in [6.07, 6.45) is 4.80. The zero-order valence-corrected chi connectivity index (χ0v) is 15.5. The lowest BCUT2D eigenvalue weighted by atomic mass is 9.75. The molecule has 0 radical (unpaired) electrons. The molecule has 1 aromatic carbocycles. The summed E-state index contributed by atoms with van der Waals surface area (Å²) in [7, 11) is 0. The topological polar surface area (TPSA) is 49.8 Å². The number of ether oxygens (including phenoxy) is 1. The van der Waals surface area contributed by atoms with Gasteiger partial charge in [0.15, 0.2) is 0 Å². The Balaban J connectivity index is 1.81. The summed E-state index contributed by atoms with van der Waals surface area (Å²) in [5.74, 6) is 6.42. The highest BCUT2D eigenvalue weighted by Gasteiger charge is 2.44. The van der Waals surface area contributed by atoms with Gasteiger partial charge in [0.2, 0.25) is 0 Å². The number of esters is 1. The summed E-state index contributed by atoms with van der Waals surface area (Å²) < 4.78 is 5.02. The molecule has 4 nitrogen and oxygen atoms in total.